The highest BCUT2D eigenvalue weighted by Gasteiger charge is 2.28. The number of aryl methyl sites for hydroxylation is 2. The van der Waals surface area contributed by atoms with E-state index < -0.39 is 0 Å². The average molecular weight is 345 g/mol. The lowest BCUT2D eigenvalue weighted by Crippen LogP contribution is -2.39. The van der Waals surface area contributed by atoms with Crippen LogP contribution in [0.3, 0.4) is 0 Å². The number of carbonyl (C=O) groups excluding carboxylic acids is 2. The smallest absolute Gasteiger partial charge is 0.273 e. The van der Waals surface area contributed by atoms with E-state index in [1.165, 1.54) is 6.20 Å². The third-order valence-electron chi connectivity index (χ3n) is 4.19. The zero-order chi connectivity index (χ0) is 18.0. The number of amides is 2. The van der Waals surface area contributed by atoms with Gasteiger partial charge in [0.05, 0.1) is 12.6 Å². The van der Waals surface area contributed by atoms with Crippen LogP contribution in [-0.2, 0) is 11.2 Å². The summed E-state index contributed by atoms with van der Waals surface area (Å²) in [6, 6.07) is -0.149. The van der Waals surface area contributed by atoms with Crippen LogP contribution in [0.2, 0.25) is 0 Å². The molecular weight excluding hydrogens is 326 g/mol. The van der Waals surface area contributed by atoms with E-state index in [0.717, 1.165) is 0 Å². The Hall–Kier alpha value is -3.04. The quantitative estimate of drug-likeness (QED) is 0.655. The van der Waals surface area contributed by atoms with Gasteiger partial charge in [-0.05, 0) is 20.3 Å². The number of aromatic nitrogens is 5. The molecule has 10 nitrogen and oxygen atoms in total. The van der Waals surface area contributed by atoms with E-state index in [0.29, 0.717) is 36.6 Å². The summed E-state index contributed by atoms with van der Waals surface area (Å²) in [4.78, 5) is 44.9. The van der Waals surface area contributed by atoms with Crippen LogP contribution in [0.1, 0.15) is 34.0 Å². The summed E-state index contributed by atoms with van der Waals surface area (Å²) in [6.07, 6.45) is 1.99. The molecule has 10 heteroatoms. The van der Waals surface area contributed by atoms with Crippen molar-refractivity contribution in [3.8, 4) is 0 Å². The Kier molecular flexibility index (Phi) is 4.59. The van der Waals surface area contributed by atoms with Crippen LogP contribution in [0.4, 0.5) is 0 Å². The van der Waals surface area contributed by atoms with E-state index >= 15 is 0 Å². The molecule has 25 heavy (non-hydrogen) atoms. The number of aromatic amines is 2. The van der Waals surface area contributed by atoms with Crippen molar-refractivity contribution in [1.29, 1.82) is 0 Å². The molecule has 2 aromatic heterocycles. The summed E-state index contributed by atoms with van der Waals surface area (Å²) < 4.78 is 0. The number of H-pyrrole nitrogens is 2. The third kappa shape index (κ3) is 3.73. The first-order chi connectivity index (χ1) is 11.9. The summed E-state index contributed by atoms with van der Waals surface area (Å²) in [5.41, 5.74) is 0.862. The van der Waals surface area contributed by atoms with Crippen molar-refractivity contribution in [2.24, 2.45) is 0 Å². The SMILES string of the molecule is Cc1nc(C)c(CC(=O)N2CC[C@H](NC(=O)c3cn[nH]n3)C2)c(=O)[nH]1. The largest absolute Gasteiger partial charge is 0.346 e. The highest BCUT2D eigenvalue weighted by atomic mass is 16.2. The van der Waals surface area contributed by atoms with Crippen molar-refractivity contribution in [2.75, 3.05) is 13.1 Å². The zero-order valence-electron chi connectivity index (χ0n) is 14.0. The van der Waals surface area contributed by atoms with Gasteiger partial charge in [-0.2, -0.15) is 15.4 Å². The van der Waals surface area contributed by atoms with Gasteiger partial charge in [-0.1, -0.05) is 0 Å². The second-order valence-electron chi connectivity index (χ2n) is 6.05. The van der Waals surface area contributed by atoms with Gasteiger partial charge in [0, 0.05) is 30.4 Å². The Balaban J connectivity index is 1.60. The van der Waals surface area contributed by atoms with E-state index in [2.05, 4.69) is 30.7 Å². The topological polar surface area (TPSA) is 137 Å². The number of nitrogens with zero attached hydrogens (tertiary/aromatic N) is 4. The Bertz CT molecular complexity index is 843. The van der Waals surface area contributed by atoms with Crippen LogP contribution >= 0.6 is 0 Å². The van der Waals surface area contributed by atoms with Crippen molar-refractivity contribution in [3.05, 3.63) is 39.3 Å². The Labute approximate surface area is 143 Å². The molecule has 3 N–H and O–H groups in total. The summed E-state index contributed by atoms with van der Waals surface area (Å²) >= 11 is 0. The lowest BCUT2D eigenvalue weighted by atomic mass is 10.1. The fourth-order valence-corrected chi connectivity index (χ4v) is 2.90. The molecule has 0 radical (unpaired) electrons. The van der Waals surface area contributed by atoms with Crippen LogP contribution in [0.15, 0.2) is 11.0 Å². The minimum Gasteiger partial charge on any atom is -0.346 e. The van der Waals surface area contributed by atoms with Gasteiger partial charge in [0.15, 0.2) is 5.69 Å². The molecule has 3 heterocycles. The second-order valence-corrected chi connectivity index (χ2v) is 6.05. The molecule has 0 spiro atoms. The van der Waals surface area contributed by atoms with Crippen LogP contribution in [-0.4, -0.2) is 61.2 Å². The molecule has 3 rings (SSSR count). The van der Waals surface area contributed by atoms with Crippen molar-refractivity contribution < 1.29 is 9.59 Å². The van der Waals surface area contributed by atoms with E-state index in [1.807, 2.05) is 0 Å². The van der Waals surface area contributed by atoms with E-state index in [9.17, 15) is 14.4 Å². The molecule has 132 valence electrons. The standard InChI is InChI=1S/C15H19N7O3/c1-8-11(14(24)18-9(2)17-8)5-13(23)22-4-3-10(7-22)19-15(25)12-6-16-21-20-12/h6,10H,3-5,7H2,1-2H3,(H,19,25)(H,16,20,21)(H,17,18,24)/t10-/m0/s1. The first-order valence-electron chi connectivity index (χ1n) is 7.95. The van der Waals surface area contributed by atoms with Gasteiger partial charge in [-0.3, -0.25) is 14.4 Å². The summed E-state index contributed by atoms with van der Waals surface area (Å²) in [6.45, 7) is 4.34. The molecule has 0 bridgehead atoms. The summed E-state index contributed by atoms with van der Waals surface area (Å²) in [5, 5.41) is 12.5. The average Bonchev–Trinajstić information content (AvgIpc) is 3.22. The molecule has 2 amide bonds. The van der Waals surface area contributed by atoms with Gasteiger partial charge in [0.1, 0.15) is 5.82 Å². The lowest BCUT2D eigenvalue weighted by molar-refractivity contribution is -0.129. The van der Waals surface area contributed by atoms with Gasteiger partial charge in [0.25, 0.3) is 11.5 Å². The lowest BCUT2D eigenvalue weighted by Gasteiger charge is -2.17. The minimum atomic E-state index is -0.330. The molecule has 2 aromatic rings. The van der Waals surface area contributed by atoms with E-state index in [4.69, 9.17) is 0 Å². The van der Waals surface area contributed by atoms with E-state index in [1.54, 1.807) is 18.7 Å². The molecular formula is C15H19N7O3. The molecule has 1 fully saturated rings. The Morgan fingerprint density at radius 2 is 2.20 bits per heavy atom. The Morgan fingerprint density at radius 3 is 2.88 bits per heavy atom. The van der Waals surface area contributed by atoms with Gasteiger partial charge < -0.3 is 15.2 Å². The summed E-state index contributed by atoms with van der Waals surface area (Å²) in [7, 11) is 0. The molecule has 1 aliphatic heterocycles. The van der Waals surface area contributed by atoms with Crippen LogP contribution in [0.25, 0.3) is 0 Å². The number of carbonyl (C=O) groups is 2. The number of rotatable bonds is 4. The van der Waals surface area contributed by atoms with Crippen LogP contribution in [0.5, 0.6) is 0 Å². The number of hydrogen-bond acceptors (Lipinski definition) is 6. The second kappa shape index (κ2) is 6.83. The molecule has 1 aliphatic rings. The molecule has 0 saturated carbocycles. The predicted octanol–water partition coefficient (Wildman–Crippen LogP) is -0.922. The normalized spacial score (nSPS) is 16.9. The highest BCUT2D eigenvalue weighted by molar-refractivity contribution is 5.92. The van der Waals surface area contributed by atoms with Crippen molar-refractivity contribution in [2.45, 2.75) is 32.7 Å². The minimum absolute atomic E-state index is 0.00159. The van der Waals surface area contributed by atoms with Gasteiger partial charge in [-0.25, -0.2) is 4.98 Å². The van der Waals surface area contributed by atoms with E-state index in [-0.39, 0.29) is 35.5 Å². The maximum Gasteiger partial charge on any atom is 0.273 e. The Morgan fingerprint density at radius 1 is 1.40 bits per heavy atom. The van der Waals surface area contributed by atoms with Crippen molar-refractivity contribution in [3.63, 3.8) is 0 Å². The molecule has 1 atom stereocenters. The fourth-order valence-electron chi connectivity index (χ4n) is 2.90. The van der Waals surface area contributed by atoms with Gasteiger partial charge in [-0.15, -0.1) is 0 Å². The number of nitrogens with one attached hydrogen (secondary N) is 3. The molecule has 0 aliphatic carbocycles. The van der Waals surface area contributed by atoms with Crippen molar-refractivity contribution in [1.82, 2.24) is 35.6 Å². The van der Waals surface area contributed by atoms with Crippen LogP contribution < -0.4 is 10.9 Å². The maximum absolute atomic E-state index is 12.5. The first kappa shape index (κ1) is 16.8. The number of likely N-dealkylation sites (tertiary alicyclic amines) is 1. The zero-order valence-corrected chi connectivity index (χ0v) is 14.0. The summed E-state index contributed by atoms with van der Waals surface area (Å²) in [5.74, 6) is 0.0380. The maximum atomic E-state index is 12.5. The highest BCUT2D eigenvalue weighted by Crippen LogP contribution is 2.12. The monoisotopic (exact) mass is 345 g/mol. The number of hydrogen-bond donors (Lipinski definition) is 3. The van der Waals surface area contributed by atoms with Crippen molar-refractivity contribution >= 4 is 11.8 Å². The molecule has 0 unspecified atom stereocenters. The molecule has 0 aromatic carbocycles. The van der Waals surface area contributed by atoms with Gasteiger partial charge in [0.2, 0.25) is 5.91 Å². The van der Waals surface area contributed by atoms with Crippen LogP contribution in [0, 0.1) is 13.8 Å². The third-order valence-corrected chi connectivity index (χ3v) is 4.19. The van der Waals surface area contributed by atoms with Gasteiger partial charge >= 0.3 is 0 Å². The fraction of sp³-hybridized carbons (Fsp3) is 0.467. The predicted molar refractivity (Wildman–Crippen MR) is 86.9 cm³/mol. The first-order valence-corrected chi connectivity index (χ1v) is 7.95. The molecule has 1 saturated heterocycles.